The Labute approximate surface area is 130 Å². The Hall–Kier alpha value is -2.55. The second kappa shape index (κ2) is 8.03. The molecule has 0 aliphatic carbocycles. The minimum Gasteiger partial charge on any atom is -0.489 e. The molecular formula is C19H20O3. The summed E-state index contributed by atoms with van der Waals surface area (Å²) in [5, 5.41) is 8.98. The summed E-state index contributed by atoms with van der Waals surface area (Å²) >= 11 is 0. The summed E-state index contributed by atoms with van der Waals surface area (Å²) in [5.74, 6) is -0.125. The van der Waals surface area contributed by atoms with Crippen LogP contribution in [0, 0.1) is 0 Å². The van der Waals surface area contributed by atoms with Gasteiger partial charge in [0.05, 0.1) is 6.42 Å². The number of allylic oxidation sites excluding steroid dienone is 2. The summed E-state index contributed by atoms with van der Waals surface area (Å²) in [7, 11) is 0. The molecule has 22 heavy (non-hydrogen) atoms. The van der Waals surface area contributed by atoms with Crippen molar-refractivity contribution < 1.29 is 14.6 Å². The van der Waals surface area contributed by atoms with Gasteiger partial charge in [-0.1, -0.05) is 54.6 Å². The van der Waals surface area contributed by atoms with Crippen LogP contribution in [0.25, 0.3) is 0 Å². The molecule has 0 aliphatic heterocycles. The number of carboxylic acid groups (broad SMARTS) is 1. The molecule has 2 rings (SSSR count). The summed E-state index contributed by atoms with van der Waals surface area (Å²) in [5.41, 5.74) is 2.09. The number of ether oxygens (including phenoxy) is 1. The first kappa shape index (κ1) is 15.8. The third kappa shape index (κ3) is 4.77. The zero-order chi connectivity index (χ0) is 15.8. The maximum absolute atomic E-state index is 10.9. The van der Waals surface area contributed by atoms with Crippen LogP contribution < -0.4 is 4.74 Å². The van der Waals surface area contributed by atoms with Crippen LogP contribution in [0.4, 0.5) is 0 Å². The molecule has 0 aromatic heterocycles. The molecule has 2 aromatic rings. The molecule has 0 heterocycles. The third-order valence-electron chi connectivity index (χ3n) is 3.38. The van der Waals surface area contributed by atoms with E-state index in [0.29, 0.717) is 6.61 Å². The summed E-state index contributed by atoms with van der Waals surface area (Å²) in [6.45, 7) is 2.42. The van der Waals surface area contributed by atoms with Gasteiger partial charge in [0, 0.05) is 5.92 Å². The van der Waals surface area contributed by atoms with Gasteiger partial charge in [-0.05, 0) is 30.2 Å². The third-order valence-corrected chi connectivity index (χ3v) is 3.38. The molecule has 0 saturated carbocycles. The van der Waals surface area contributed by atoms with Crippen LogP contribution in [0.2, 0.25) is 0 Å². The molecule has 2 aromatic carbocycles. The predicted octanol–water partition coefficient (Wildman–Crippen LogP) is 4.40. The molecule has 0 unspecified atom stereocenters. The Morgan fingerprint density at radius 2 is 1.82 bits per heavy atom. The second-order valence-corrected chi connectivity index (χ2v) is 5.07. The number of hydrogen-bond donors (Lipinski definition) is 1. The van der Waals surface area contributed by atoms with Gasteiger partial charge in [0.2, 0.25) is 0 Å². The molecule has 1 N–H and O–H groups in total. The molecule has 0 spiro atoms. The maximum Gasteiger partial charge on any atom is 0.304 e. The highest BCUT2D eigenvalue weighted by Crippen LogP contribution is 2.24. The number of hydrogen-bond acceptors (Lipinski definition) is 2. The van der Waals surface area contributed by atoms with E-state index in [2.05, 4.69) is 0 Å². The Morgan fingerprint density at radius 1 is 1.14 bits per heavy atom. The van der Waals surface area contributed by atoms with Gasteiger partial charge in [0.25, 0.3) is 0 Å². The zero-order valence-corrected chi connectivity index (χ0v) is 12.6. The lowest BCUT2D eigenvalue weighted by Gasteiger charge is -2.12. The number of carbonyl (C=O) groups is 1. The van der Waals surface area contributed by atoms with Crippen molar-refractivity contribution in [2.45, 2.75) is 25.9 Å². The zero-order valence-electron chi connectivity index (χ0n) is 12.6. The van der Waals surface area contributed by atoms with Crippen molar-refractivity contribution >= 4 is 5.97 Å². The molecule has 0 aliphatic rings. The molecule has 0 radical (unpaired) electrons. The Balaban J connectivity index is 2.01. The molecule has 114 valence electrons. The number of aliphatic carboxylic acids is 1. The lowest BCUT2D eigenvalue weighted by Crippen LogP contribution is -2.04. The summed E-state index contributed by atoms with van der Waals surface area (Å²) in [6.07, 6.45) is 3.88. The van der Waals surface area contributed by atoms with Gasteiger partial charge in [-0.15, -0.1) is 0 Å². The van der Waals surface area contributed by atoms with Crippen molar-refractivity contribution in [3.63, 3.8) is 0 Å². The Bertz CT molecular complexity index is 615. The van der Waals surface area contributed by atoms with Gasteiger partial charge in [0.1, 0.15) is 12.4 Å². The summed E-state index contributed by atoms with van der Waals surface area (Å²) in [4.78, 5) is 10.9. The average Bonchev–Trinajstić information content (AvgIpc) is 2.54. The lowest BCUT2D eigenvalue weighted by molar-refractivity contribution is -0.137. The van der Waals surface area contributed by atoms with Crippen molar-refractivity contribution in [3.8, 4) is 5.75 Å². The van der Waals surface area contributed by atoms with Gasteiger partial charge in [-0.3, -0.25) is 4.79 Å². The van der Waals surface area contributed by atoms with Crippen molar-refractivity contribution in [2.75, 3.05) is 0 Å². The second-order valence-electron chi connectivity index (χ2n) is 5.07. The minimum atomic E-state index is -0.799. The van der Waals surface area contributed by atoms with Crippen molar-refractivity contribution in [1.29, 1.82) is 0 Å². The van der Waals surface area contributed by atoms with E-state index in [-0.39, 0.29) is 12.3 Å². The van der Waals surface area contributed by atoms with Crippen molar-refractivity contribution in [1.82, 2.24) is 0 Å². The highest BCUT2D eigenvalue weighted by molar-refractivity contribution is 5.68. The maximum atomic E-state index is 10.9. The fourth-order valence-corrected chi connectivity index (χ4v) is 2.27. The van der Waals surface area contributed by atoms with E-state index in [1.807, 2.05) is 73.7 Å². The standard InChI is InChI=1S/C19H20O3/c1-2-6-17(13-19(20)21)16-9-11-18(12-10-16)22-14-15-7-4-3-5-8-15/h2-12,17H,13-14H2,1H3,(H,20,21)/b6-2-/t17-/m1/s1. The Morgan fingerprint density at radius 3 is 2.41 bits per heavy atom. The number of benzene rings is 2. The molecule has 0 fully saturated rings. The van der Waals surface area contributed by atoms with Crippen LogP contribution in [-0.4, -0.2) is 11.1 Å². The molecule has 0 saturated heterocycles. The molecule has 3 nitrogen and oxygen atoms in total. The smallest absolute Gasteiger partial charge is 0.304 e. The number of rotatable bonds is 7. The minimum absolute atomic E-state index is 0.0918. The molecule has 0 bridgehead atoms. The normalized spacial score (nSPS) is 12.2. The van der Waals surface area contributed by atoms with Gasteiger partial charge < -0.3 is 9.84 Å². The average molecular weight is 296 g/mol. The predicted molar refractivity (Wildman–Crippen MR) is 87.0 cm³/mol. The van der Waals surface area contributed by atoms with Gasteiger partial charge in [0.15, 0.2) is 0 Å². The highest BCUT2D eigenvalue weighted by Gasteiger charge is 2.12. The van der Waals surface area contributed by atoms with Crippen LogP contribution in [-0.2, 0) is 11.4 Å². The van der Waals surface area contributed by atoms with Crippen LogP contribution in [0.5, 0.6) is 5.75 Å². The van der Waals surface area contributed by atoms with Gasteiger partial charge >= 0.3 is 5.97 Å². The fraction of sp³-hybridized carbons (Fsp3) is 0.211. The van der Waals surface area contributed by atoms with E-state index in [4.69, 9.17) is 9.84 Å². The van der Waals surface area contributed by atoms with Gasteiger partial charge in [-0.2, -0.15) is 0 Å². The first-order chi connectivity index (χ1) is 10.7. The van der Waals surface area contributed by atoms with E-state index in [1.54, 1.807) is 0 Å². The quantitative estimate of drug-likeness (QED) is 0.770. The van der Waals surface area contributed by atoms with Crippen molar-refractivity contribution in [2.24, 2.45) is 0 Å². The fourth-order valence-electron chi connectivity index (χ4n) is 2.27. The summed E-state index contributed by atoms with van der Waals surface area (Å²) in [6, 6.07) is 17.6. The topological polar surface area (TPSA) is 46.5 Å². The van der Waals surface area contributed by atoms with Crippen LogP contribution >= 0.6 is 0 Å². The Kier molecular flexibility index (Phi) is 5.78. The molecule has 1 atom stereocenters. The van der Waals surface area contributed by atoms with E-state index in [1.165, 1.54) is 0 Å². The molecule has 3 heteroatoms. The van der Waals surface area contributed by atoms with Crippen LogP contribution in [0.15, 0.2) is 66.7 Å². The SMILES string of the molecule is C/C=C\[C@H](CC(=O)O)c1ccc(OCc2ccccc2)cc1. The molecular weight excluding hydrogens is 276 g/mol. The van der Waals surface area contributed by atoms with E-state index in [0.717, 1.165) is 16.9 Å². The van der Waals surface area contributed by atoms with Gasteiger partial charge in [-0.25, -0.2) is 0 Å². The first-order valence-electron chi connectivity index (χ1n) is 7.30. The van der Waals surface area contributed by atoms with Crippen LogP contribution in [0.3, 0.4) is 0 Å². The van der Waals surface area contributed by atoms with E-state index < -0.39 is 5.97 Å². The molecule has 0 amide bonds. The number of carboxylic acids is 1. The summed E-state index contributed by atoms with van der Waals surface area (Å²) < 4.78 is 5.73. The van der Waals surface area contributed by atoms with E-state index in [9.17, 15) is 4.79 Å². The van der Waals surface area contributed by atoms with Crippen LogP contribution in [0.1, 0.15) is 30.4 Å². The highest BCUT2D eigenvalue weighted by atomic mass is 16.5. The van der Waals surface area contributed by atoms with E-state index >= 15 is 0 Å². The van der Waals surface area contributed by atoms with Crippen molar-refractivity contribution in [3.05, 3.63) is 77.9 Å². The first-order valence-corrected chi connectivity index (χ1v) is 7.30. The lowest BCUT2D eigenvalue weighted by atomic mass is 9.95. The largest absolute Gasteiger partial charge is 0.489 e. The monoisotopic (exact) mass is 296 g/mol.